The summed E-state index contributed by atoms with van der Waals surface area (Å²) < 4.78 is 0. The number of aliphatic hydroxyl groups excluding tert-OH is 1. The van der Waals surface area contributed by atoms with Gasteiger partial charge in [-0.05, 0) is 14.1 Å². The van der Waals surface area contributed by atoms with Crippen molar-refractivity contribution in [1.82, 2.24) is 4.90 Å². The SMILES string of the molecule is CN(C)C/C=C\CO. The third-order valence-electron chi connectivity index (χ3n) is 0.743. The zero-order valence-electron chi connectivity index (χ0n) is 5.46. The molecule has 0 bridgehead atoms. The van der Waals surface area contributed by atoms with Crippen LogP contribution in [0.15, 0.2) is 12.2 Å². The minimum atomic E-state index is 0.147. The maximum Gasteiger partial charge on any atom is 0.0612 e. The predicted molar refractivity (Wildman–Crippen MR) is 34.8 cm³/mol. The third kappa shape index (κ3) is 5.66. The van der Waals surface area contributed by atoms with E-state index in [0.717, 1.165) is 6.54 Å². The van der Waals surface area contributed by atoms with Crippen LogP contribution in [0.1, 0.15) is 0 Å². The van der Waals surface area contributed by atoms with E-state index in [-0.39, 0.29) is 6.61 Å². The molecule has 8 heavy (non-hydrogen) atoms. The summed E-state index contributed by atoms with van der Waals surface area (Å²) in [5.41, 5.74) is 0. The van der Waals surface area contributed by atoms with Crippen molar-refractivity contribution in [2.75, 3.05) is 27.2 Å². The molecule has 1 N–H and O–H groups in total. The van der Waals surface area contributed by atoms with E-state index in [1.165, 1.54) is 0 Å². The molecule has 0 aromatic carbocycles. The largest absolute Gasteiger partial charge is 0.392 e. The van der Waals surface area contributed by atoms with E-state index in [2.05, 4.69) is 0 Å². The van der Waals surface area contributed by atoms with E-state index < -0.39 is 0 Å². The lowest BCUT2D eigenvalue weighted by atomic mass is 10.5. The van der Waals surface area contributed by atoms with Crippen molar-refractivity contribution in [3.05, 3.63) is 12.2 Å². The molecule has 0 aromatic rings. The number of hydrogen-bond donors (Lipinski definition) is 1. The molecule has 0 aliphatic carbocycles. The van der Waals surface area contributed by atoms with Gasteiger partial charge >= 0.3 is 0 Å². The summed E-state index contributed by atoms with van der Waals surface area (Å²) in [6, 6.07) is 0. The molecular formula is C6H13NO. The lowest BCUT2D eigenvalue weighted by Crippen LogP contribution is -2.10. The van der Waals surface area contributed by atoms with Crippen molar-refractivity contribution in [3.8, 4) is 0 Å². The average Bonchev–Trinajstić information content (AvgIpc) is 1.66. The summed E-state index contributed by atoms with van der Waals surface area (Å²) >= 11 is 0. The number of hydrogen-bond acceptors (Lipinski definition) is 2. The first kappa shape index (κ1) is 7.66. The molecule has 0 rings (SSSR count). The van der Waals surface area contributed by atoms with E-state index in [1.54, 1.807) is 6.08 Å². The van der Waals surface area contributed by atoms with Gasteiger partial charge in [-0.15, -0.1) is 0 Å². The Balaban J connectivity index is 3.03. The molecule has 0 atom stereocenters. The van der Waals surface area contributed by atoms with Gasteiger partial charge in [0.15, 0.2) is 0 Å². The lowest BCUT2D eigenvalue weighted by Gasteiger charge is -2.02. The van der Waals surface area contributed by atoms with Gasteiger partial charge in [0.25, 0.3) is 0 Å². The molecule has 0 fully saturated rings. The highest BCUT2D eigenvalue weighted by Gasteiger charge is 1.78. The molecule has 0 amide bonds. The maximum absolute atomic E-state index is 8.27. The van der Waals surface area contributed by atoms with Crippen LogP contribution in [-0.4, -0.2) is 37.3 Å². The van der Waals surface area contributed by atoms with E-state index in [1.807, 2.05) is 25.1 Å². The van der Waals surface area contributed by atoms with Crippen LogP contribution < -0.4 is 0 Å². The normalized spacial score (nSPS) is 11.5. The smallest absolute Gasteiger partial charge is 0.0612 e. The van der Waals surface area contributed by atoms with Crippen LogP contribution in [0.4, 0.5) is 0 Å². The van der Waals surface area contributed by atoms with Crippen molar-refractivity contribution < 1.29 is 5.11 Å². The molecule has 0 aromatic heterocycles. The predicted octanol–water partition coefficient (Wildman–Crippen LogP) is 0.0965. The van der Waals surface area contributed by atoms with Gasteiger partial charge in [-0.2, -0.15) is 0 Å². The van der Waals surface area contributed by atoms with Crippen LogP contribution in [0, 0.1) is 0 Å². The first-order valence-electron chi connectivity index (χ1n) is 2.68. The molecule has 0 saturated heterocycles. The summed E-state index contributed by atoms with van der Waals surface area (Å²) in [5.74, 6) is 0. The molecule has 0 heterocycles. The van der Waals surface area contributed by atoms with E-state index in [4.69, 9.17) is 5.11 Å². The summed E-state index contributed by atoms with van der Waals surface area (Å²) in [7, 11) is 3.98. The van der Waals surface area contributed by atoms with Gasteiger partial charge in [0.05, 0.1) is 6.61 Å². The fraction of sp³-hybridized carbons (Fsp3) is 0.667. The average molecular weight is 115 g/mol. The van der Waals surface area contributed by atoms with Gasteiger partial charge in [-0.3, -0.25) is 0 Å². The molecule has 0 unspecified atom stereocenters. The molecule has 48 valence electrons. The van der Waals surface area contributed by atoms with Crippen LogP contribution in [0.5, 0.6) is 0 Å². The van der Waals surface area contributed by atoms with Gasteiger partial charge in [0.2, 0.25) is 0 Å². The second kappa shape index (κ2) is 4.81. The highest BCUT2D eigenvalue weighted by Crippen LogP contribution is 1.74. The zero-order valence-corrected chi connectivity index (χ0v) is 5.46. The molecule has 2 nitrogen and oxygen atoms in total. The molecule has 0 aliphatic rings. The monoisotopic (exact) mass is 115 g/mol. The van der Waals surface area contributed by atoms with Gasteiger partial charge in [0.1, 0.15) is 0 Å². The van der Waals surface area contributed by atoms with Crippen molar-refractivity contribution in [3.63, 3.8) is 0 Å². The number of rotatable bonds is 3. The zero-order chi connectivity index (χ0) is 6.41. The van der Waals surface area contributed by atoms with Crippen molar-refractivity contribution in [2.24, 2.45) is 0 Å². The van der Waals surface area contributed by atoms with Crippen molar-refractivity contribution in [2.45, 2.75) is 0 Å². The van der Waals surface area contributed by atoms with Gasteiger partial charge in [-0.1, -0.05) is 12.2 Å². The van der Waals surface area contributed by atoms with Crippen LogP contribution in [0.3, 0.4) is 0 Å². The third-order valence-corrected chi connectivity index (χ3v) is 0.743. The van der Waals surface area contributed by atoms with E-state index in [9.17, 15) is 0 Å². The number of nitrogens with zero attached hydrogens (tertiary/aromatic N) is 1. The first-order valence-corrected chi connectivity index (χ1v) is 2.68. The maximum atomic E-state index is 8.27. The highest BCUT2D eigenvalue weighted by atomic mass is 16.2. The van der Waals surface area contributed by atoms with Gasteiger partial charge < -0.3 is 10.0 Å². The van der Waals surface area contributed by atoms with Crippen molar-refractivity contribution in [1.29, 1.82) is 0 Å². The Morgan fingerprint density at radius 1 is 1.38 bits per heavy atom. The van der Waals surface area contributed by atoms with Gasteiger partial charge in [0, 0.05) is 6.54 Å². The topological polar surface area (TPSA) is 23.5 Å². The van der Waals surface area contributed by atoms with Crippen LogP contribution >= 0.6 is 0 Å². The minimum Gasteiger partial charge on any atom is -0.392 e. The quantitative estimate of drug-likeness (QED) is 0.527. The summed E-state index contributed by atoms with van der Waals surface area (Å²) in [4.78, 5) is 2.03. The second-order valence-electron chi connectivity index (χ2n) is 1.92. The molecule has 0 saturated carbocycles. The van der Waals surface area contributed by atoms with Crippen LogP contribution in [0.2, 0.25) is 0 Å². The van der Waals surface area contributed by atoms with E-state index >= 15 is 0 Å². The lowest BCUT2D eigenvalue weighted by molar-refractivity contribution is 0.341. The Hall–Kier alpha value is -0.340. The Bertz CT molecular complexity index is 68.9. The summed E-state index contributed by atoms with van der Waals surface area (Å²) in [6.45, 7) is 1.05. The Morgan fingerprint density at radius 3 is 2.38 bits per heavy atom. The first-order chi connectivity index (χ1) is 3.77. The standard InChI is InChI=1S/C6H13NO/c1-7(2)5-3-4-6-8/h3-4,8H,5-6H2,1-2H3/b4-3-. The Kier molecular flexibility index (Phi) is 4.61. The summed E-state index contributed by atoms with van der Waals surface area (Å²) in [5, 5.41) is 8.27. The fourth-order valence-electron chi connectivity index (χ4n) is 0.360. The number of aliphatic hydroxyl groups is 1. The van der Waals surface area contributed by atoms with Crippen LogP contribution in [-0.2, 0) is 0 Å². The minimum absolute atomic E-state index is 0.147. The van der Waals surface area contributed by atoms with Crippen molar-refractivity contribution >= 4 is 0 Å². The van der Waals surface area contributed by atoms with Crippen LogP contribution in [0.25, 0.3) is 0 Å². The van der Waals surface area contributed by atoms with Gasteiger partial charge in [-0.25, -0.2) is 0 Å². The second-order valence-corrected chi connectivity index (χ2v) is 1.92. The number of likely N-dealkylation sites (N-methyl/N-ethyl adjacent to an activating group) is 1. The molecular weight excluding hydrogens is 102 g/mol. The Labute approximate surface area is 50.4 Å². The highest BCUT2D eigenvalue weighted by molar-refractivity contribution is 4.82. The molecule has 2 heteroatoms. The molecule has 0 radical (unpaired) electrons. The Morgan fingerprint density at radius 2 is 2.00 bits per heavy atom. The fourth-order valence-corrected chi connectivity index (χ4v) is 0.360. The molecule has 0 aliphatic heterocycles. The molecule has 0 spiro atoms. The van der Waals surface area contributed by atoms with E-state index in [0.29, 0.717) is 0 Å². The summed E-state index contributed by atoms with van der Waals surface area (Å²) in [6.07, 6.45) is 3.67.